The van der Waals surface area contributed by atoms with Gasteiger partial charge in [0.05, 0.1) is 6.61 Å². The fourth-order valence-electron chi connectivity index (χ4n) is 2.57. The van der Waals surface area contributed by atoms with Crippen molar-refractivity contribution in [1.82, 2.24) is 9.97 Å². The Labute approximate surface area is 125 Å². The van der Waals surface area contributed by atoms with Gasteiger partial charge in [0.25, 0.3) is 0 Å². The summed E-state index contributed by atoms with van der Waals surface area (Å²) >= 11 is 0. The van der Waals surface area contributed by atoms with Crippen LogP contribution in [0.3, 0.4) is 0 Å². The molecule has 1 fully saturated rings. The van der Waals surface area contributed by atoms with Crippen molar-refractivity contribution in [2.24, 2.45) is 5.92 Å². The SMILES string of the molecule is CCCOc1cc(N2CCC(CCC(=O)O)CC2)ncn1. The van der Waals surface area contributed by atoms with Crippen molar-refractivity contribution in [3.8, 4) is 5.88 Å². The first-order chi connectivity index (χ1) is 10.2. The van der Waals surface area contributed by atoms with Gasteiger partial charge in [-0.05, 0) is 31.6 Å². The second-order valence-corrected chi connectivity index (χ2v) is 5.43. The van der Waals surface area contributed by atoms with Gasteiger partial charge in [-0.15, -0.1) is 0 Å². The molecule has 0 aromatic carbocycles. The number of rotatable bonds is 7. The normalized spacial score (nSPS) is 16.0. The number of hydrogen-bond donors (Lipinski definition) is 1. The molecule has 0 radical (unpaired) electrons. The Bertz CT molecular complexity index is 459. The van der Waals surface area contributed by atoms with E-state index in [-0.39, 0.29) is 6.42 Å². The number of anilines is 1. The van der Waals surface area contributed by atoms with E-state index < -0.39 is 5.97 Å². The Morgan fingerprint density at radius 2 is 2.19 bits per heavy atom. The molecular formula is C15H23N3O3. The first-order valence-corrected chi connectivity index (χ1v) is 7.60. The van der Waals surface area contributed by atoms with E-state index in [0.717, 1.165) is 44.6 Å². The summed E-state index contributed by atoms with van der Waals surface area (Å²) in [5.41, 5.74) is 0. The van der Waals surface area contributed by atoms with Gasteiger partial charge in [0, 0.05) is 25.6 Å². The molecule has 0 unspecified atom stereocenters. The average molecular weight is 293 g/mol. The van der Waals surface area contributed by atoms with Crippen LogP contribution in [0.5, 0.6) is 5.88 Å². The van der Waals surface area contributed by atoms with Gasteiger partial charge in [-0.1, -0.05) is 6.92 Å². The Kier molecular flexibility index (Phi) is 5.78. The number of carbonyl (C=O) groups is 1. The fourth-order valence-corrected chi connectivity index (χ4v) is 2.57. The first kappa shape index (κ1) is 15.5. The Morgan fingerprint density at radius 3 is 2.86 bits per heavy atom. The fraction of sp³-hybridized carbons (Fsp3) is 0.667. The molecule has 0 aliphatic carbocycles. The molecule has 1 aromatic heterocycles. The number of aliphatic carboxylic acids is 1. The van der Waals surface area contributed by atoms with Gasteiger partial charge in [0.15, 0.2) is 0 Å². The third-order valence-electron chi connectivity index (χ3n) is 3.79. The second-order valence-electron chi connectivity index (χ2n) is 5.43. The van der Waals surface area contributed by atoms with Gasteiger partial charge in [0.2, 0.25) is 5.88 Å². The zero-order valence-corrected chi connectivity index (χ0v) is 12.5. The Morgan fingerprint density at radius 1 is 1.43 bits per heavy atom. The summed E-state index contributed by atoms with van der Waals surface area (Å²) in [7, 11) is 0. The molecule has 1 saturated heterocycles. The second kappa shape index (κ2) is 7.81. The minimum atomic E-state index is -0.703. The standard InChI is InChI=1S/C15H23N3O3/c1-2-9-21-14-10-13(16-11-17-14)18-7-5-12(6-8-18)3-4-15(19)20/h10-12H,2-9H2,1H3,(H,19,20). The quantitative estimate of drug-likeness (QED) is 0.831. The molecule has 0 bridgehead atoms. The van der Waals surface area contributed by atoms with E-state index >= 15 is 0 Å². The third kappa shape index (κ3) is 4.88. The van der Waals surface area contributed by atoms with Crippen LogP contribution in [0.15, 0.2) is 12.4 Å². The van der Waals surface area contributed by atoms with Crippen LogP contribution in [0.2, 0.25) is 0 Å². The van der Waals surface area contributed by atoms with Crippen molar-refractivity contribution in [2.75, 3.05) is 24.6 Å². The summed E-state index contributed by atoms with van der Waals surface area (Å²) in [4.78, 5) is 21.3. The number of hydrogen-bond acceptors (Lipinski definition) is 5. The number of carboxylic acids is 1. The average Bonchev–Trinajstić information content (AvgIpc) is 2.51. The van der Waals surface area contributed by atoms with Gasteiger partial charge in [0.1, 0.15) is 12.1 Å². The van der Waals surface area contributed by atoms with Gasteiger partial charge < -0.3 is 14.7 Å². The lowest BCUT2D eigenvalue weighted by atomic mass is 9.92. The lowest BCUT2D eigenvalue weighted by molar-refractivity contribution is -0.137. The first-order valence-electron chi connectivity index (χ1n) is 7.60. The van der Waals surface area contributed by atoms with E-state index in [4.69, 9.17) is 9.84 Å². The molecule has 6 nitrogen and oxygen atoms in total. The Hall–Kier alpha value is -1.85. The minimum Gasteiger partial charge on any atom is -0.481 e. The molecule has 2 heterocycles. The van der Waals surface area contributed by atoms with Crippen LogP contribution < -0.4 is 9.64 Å². The van der Waals surface area contributed by atoms with Crippen molar-refractivity contribution in [1.29, 1.82) is 0 Å². The highest BCUT2D eigenvalue weighted by Crippen LogP contribution is 2.26. The van der Waals surface area contributed by atoms with Crippen molar-refractivity contribution in [3.63, 3.8) is 0 Å². The molecule has 0 spiro atoms. The van der Waals surface area contributed by atoms with E-state index in [1.807, 2.05) is 6.07 Å². The molecule has 6 heteroatoms. The van der Waals surface area contributed by atoms with Gasteiger partial charge in [-0.3, -0.25) is 4.79 Å². The summed E-state index contributed by atoms with van der Waals surface area (Å²) in [6.07, 6.45) is 5.57. The highest BCUT2D eigenvalue weighted by atomic mass is 16.5. The smallest absolute Gasteiger partial charge is 0.303 e. The van der Waals surface area contributed by atoms with E-state index in [1.54, 1.807) is 0 Å². The maximum atomic E-state index is 10.6. The topological polar surface area (TPSA) is 75.5 Å². The van der Waals surface area contributed by atoms with Crippen molar-refractivity contribution in [3.05, 3.63) is 12.4 Å². The molecule has 1 aliphatic rings. The molecule has 0 atom stereocenters. The molecule has 116 valence electrons. The van der Waals surface area contributed by atoms with Gasteiger partial charge >= 0.3 is 5.97 Å². The third-order valence-corrected chi connectivity index (χ3v) is 3.79. The highest BCUT2D eigenvalue weighted by molar-refractivity contribution is 5.66. The van der Waals surface area contributed by atoms with Crippen LogP contribution in [0.1, 0.15) is 39.0 Å². The monoisotopic (exact) mass is 293 g/mol. The van der Waals surface area contributed by atoms with Crippen LogP contribution in [-0.2, 0) is 4.79 Å². The van der Waals surface area contributed by atoms with Crippen LogP contribution in [0.25, 0.3) is 0 Å². The summed E-state index contributed by atoms with van der Waals surface area (Å²) in [6, 6.07) is 1.88. The predicted octanol–water partition coefficient (Wildman–Crippen LogP) is 2.35. The van der Waals surface area contributed by atoms with E-state index in [1.165, 1.54) is 6.33 Å². The molecule has 0 amide bonds. The van der Waals surface area contributed by atoms with Gasteiger partial charge in [-0.2, -0.15) is 0 Å². The Balaban J connectivity index is 1.85. The van der Waals surface area contributed by atoms with Gasteiger partial charge in [-0.25, -0.2) is 9.97 Å². The van der Waals surface area contributed by atoms with E-state index in [2.05, 4.69) is 21.8 Å². The van der Waals surface area contributed by atoms with E-state index in [0.29, 0.717) is 18.4 Å². The summed E-state index contributed by atoms with van der Waals surface area (Å²) in [6.45, 7) is 4.54. The van der Waals surface area contributed by atoms with Crippen molar-refractivity contribution in [2.45, 2.75) is 39.0 Å². The lowest BCUT2D eigenvalue weighted by Gasteiger charge is -2.32. The number of ether oxygens (including phenoxy) is 1. The van der Waals surface area contributed by atoms with Crippen molar-refractivity contribution >= 4 is 11.8 Å². The predicted molar refractivity (Wildman–Crippen MR) is 79.6 cm³/mol. The van der Waals surface area contributed by atoms with Crippen LogP contribution in [-0.4, -0.2) is 40.7 Å². The van der Waals surface area contributed by atoms with Crippen LogP contribution in [0, 0.1) is 5.92 Å². The molecule has 1 N–H and O–H groups in total. The molecular weight excluding hydrogens is 270 g/mol. The number of carboxylic acid groups (broad SMARTS) is 1. The zero-order chi connectivity index (χ0) is 15.1. The van der Waals surface area contributed by atoms with E-state index in [9.17, 15) is 4.79 Å². The van der Waals surface area contributed by atoms with Crippen LogP contribution in [0.4, 0.5) is 5.82 Å². The lowest BCUT2D eigenvalue weighted by Crippen LogP contribution is -2.34. The molecule has 1 aromatic rings. The minimum absolute atomic E-state index is 0.271. The molecule has 21 heavy (non-hydrogen) atoms. The molecule has 2 rings (SSSR count). The summed E-state index contributed by atoms with van der Waals surface area (Å²) in [5.74, 6) is 1.32. The molecule has 0 saturated carbocycles. The maximum Gasteiger partial charge on any atom is 0.303 e. The number of piperidine rings is 1. The number of nitrogens with zero attached hydrogens (tertiary/aromatic N) is 3. The summed E-state index contributed by atoms with van der Waals surface area (Å²) < 4.78 is 5.53. The largest absolute Gasteiger partial charge is 0.481 e. The van der Waals surface area contributed by atoms with Crippen molar-refractivity contribution < 1.29 is 14.6 Å². The molecule has 1 aliphatic heterocycles. The van der Waals surface area contributed by atoms with Crippen LogP contribution >= 0.6 is 0 Å². The summed E-state index contributed by atoms with van der Waals surface area (Å²) in [5, 5.41) is 8.73. The maximum absolute atomic E-state index is 10.6. The number of aromatic nitrogens is 2. The zero-order valence-electron chi connectivity index (χ0n) is 12.5. The highest BCUT2D eigenvalue weighted by Gasteiger charge is 2.21.